The Bertz CT molecular complexity index is 531. The summed E-state index contributed by atoms with van der Waals surface area (Å²) in [6.45, 7) is 3.80. The zero-order valence-corrected chi connectivity index (χ0v) is 18.3. The molecule has 0 saturated carbocycles. The highest BCUT2D eigenvalue weighted by molar-refractivity contribution is 6.80. The summed E-state index contributed by atoms with van der Waals surface area (Å²) in [5, 5.41) is 0. The van der Waals surface area contributed by atoms with Crippen LogP contribution in [-0.2, 0) is 10.8 Å². The Morgan fingerprint density at radius 1 is 0.826 bits per heavy atom. The predicted octanol–water partition coefficient (Wildman–Crippen LogP) is 8.19. The fraction of sp³-hybridized carbons (Fsp3) is 0.500. The number of aryl methyl sites for hydroxylation is 1. The van der Waals surface area contributed by atoms with Crippen molar-refractivity contribution in [1.82, 2.24) is 0 Å². The lowest BCUT2D eigenvalue weighted by Crippen LogP contribution is -2.54. The average molecular weight is 499 g/mol. The summed E-state index contributed by atoms with van der Waals surface area (Å²) in [6.07, 6.45) is 2.49. The molecule has 9 heteroatoms. The number of rotatable bonds is 6. The molecule has 0 heterocycles. The summed E-state index contributed by atoms with van der Waals surface area (Å²) < 4.78 is -8.70. The molecule has 0 nitrogen and oxygen atoms in total. The normalized spacial score (nSPS) is 14.2. The Morgan fingerprint density at radius 2 is 1.39 bits per heavy atom. The van der Waals surface area contributed by atoms with Crippen molar-refractivity contribution in [3.63, 3.8) is 0 Å². The second-order valence-corrected chi connectivity index (χ2v) is 11.1. The number of alkyl halides is 9. The van der Waals surface area contributed by atoms with Crippen LogP contribution in [0.5, 0.6) is 0 Å². The summed E-state index contributed by atoms with van der Waals surface area (Å²) in [5.74, 6) is 0. The van der Waals surface area contributed by atoms with Gasteiger partial charge in [0, 0.05) is 0 Å². The Balaban J connectivity index is 3.29. The van der Waals surface area contributed by atoms with E-state index in [1.165, 1.54) is 0 Å². The Kier molecular flexibility index (Phi) is 8.19. The summed E-state index contributed by atoms with van der Waals surface area (Å²) in [5.41, 5.74) is 1.36. The van der Waals surface area contributed by atoms with Crippen molar-refractivity contribution in [1.29, 1.82) is 0 Å². The van der Waals surface area contributed by atoms with Crippen molar-refractivity contribution in [2.75, 3.05) is 0 Å². The molecule has 0 aromatic heterocycles. The van der Waals surface area contributed by atoms with Gasteiger partial charge in [-0.25, -0.2) is 0 Å². The van der Waals surface area contributed by atoms with Gasteiger partial charge in [-0.15, -0.1) is 0 Å². The van der Waals surface area contributed by atoms with Crippen molar-refractivity contribution < 1.29 is 0 Å². The summed E-state index contributed by atoms with van der Waals surface area (Å²) in [7, 11) is 0. The van der Waals surface area contributed by atoms with E-state index in [0.717, 1.165) is 24.8 Å². The van der Waals surface area contributed by atoms with Gasteiger partial charge in [0.25, 0.3) is 0 Å². The molecule has 1 aromatic carbocycles. The van der Waals surface area contributed by atoms with E-state index in [4.69, 9.17) is 104 Å². The molecule has 1 rings (SSSR count). The number of halogens is 9. The Labute approximate surface area is 181 Å². The van der Waals surface area contributed by atoms with Gasteiger partial charge in [0.2, 0.25) is 8.13 Å². The SMILES string of the molecule is [CH2]CCCc1cccc(C(Cl)(Cl)C(Cl)(Cl)C(Cl)(Cl)C(Cl)(Cl)Cl)c1. The maximum Gasteiger partial charge on any atom is 0.226 e. The lowest BCUT2D eigenvalue weighted by molar-refractivity contribution is 0.599. The molecule has 0 saturated heterocycles. The third kappa shape index (κ3) is 4.76. The number of unbranched alkanes of at least 4 members (excludes halogenated alkanes) is 1. The molecule has 0 fully saturated rings. The van der Waals surface area contributed by atoms with Crippen LogP contribution in [0.15, 0.2) is 24.3 Å². The fourth-order valence-electron chi connectivity index (χ4n) is 1.81. The van der Waals surface area contributed by atoms with Gasteiger partial charge in [0.05, 0.1) is 0 Å². The van der Waals surface area contributed by atoms with Gasteiger partial charge in [0.15, 0.2) is 8.67 Å². The van der Waals surface area contributed by atoms with E-state index in [-0.39, 0.29) is 0 Å². The van der Waals surface area contributed by atoms with Gasteiger partial charge in [0.1, 0.15) is 0 Å². The van der Waals surface area contributed by atoms with Crippen LogP contribution in [0.3, 0.4) is 0 Å². The van der Waals surface area contributed by atoms with Gasteiger partial charge < -0.3 is 0 Å². The van der Waals surface area contributed by atoms with Crippen LogP contribution >= 0.6 is 104 Å². The second kappa shape index (κ2) is 8.24. The molecule has 0 amide bonds. The number of benzene rings is 1. The Hall–Kier alpha value is 1.83. The molecular weight excluding hydrogens is 487 g/mol. The van der Waals surface area contributed by atoms with Crippen LogP contribution in [0, 0.1) is 6.92 Å². The van der Waals surface area contributed by atoms with Crippen LogP contribution < -0.4 is 0 Å². The highest BCUT2D eigenvalue weighted by atomic mass is 35.6. The minimum Gasteiger partial charge on any atom is -0.0943 e. The first-order valence-electron chi connectivity index (χ1n) is 6.38. The van der Waals surface area contributed by atoms with E-state index >= 15 is 0 Å². The summed E-state index contributed by atoms with van der Waals surface area (Å²) in [6, 6.07) is 7.06. The first-order chi connectivity index (χ1) is 10.3. The molecule has 131 valence electrons. The van der Waals surface area contributed by atoms with E-state index in [2.05, 4.69) is 6.92 Å². The molecule has 0 aliphatic rings. The maximum absolute atomic E-state index is 6.39. The van der Waals surface area contributed by atoms with Gasteiger partial charge >= 0.3 is 0 Å². The van der Waals surface area contributed by atoms with Gasteiger partial charge in [-0.1, -0.05) is 142 Å². The van der Waals surface area contributed by atoms with Crippen molar-refractivity contribution in [3.8, 4) is 0 Å². The second-order valence-electron chi connectivity index (χ2n) is 4.88. The maximum atomic E-state index is 6.39. The van der Waals surface area contributed by atoms with Gasteiger partial charge in [-0.05, 0) is 24.0 Å². The van der Waals surface area contributed by atoms with Gasteiger partial charge in [-0.3, -0.25) is 0 Å². The third-order valence-corrected chi connectivity index (χ3v) is 8.63. The number of hydrogen-bond acceptors (Lipinski definition) is 0. The van der Waals surface area contributed by atoms with Crippen LogP contribution in [0.4, 0.5) is 0 Å². The molecule has 0 aliphatic carbocycles. The third-order valence-electron chi connectivity index (χ3n) is 3.15. The average Bonchev–Trinajstić information content (AvgIpc) is 2.43. The monoisotopic (exact) mass is 495 g/mol. The van der Waals surface area contributed by atoms with Crippen LogP contribution in [-0.4, -0.2) is 12.5 Å². The van der Waals surface area contributed by atoms with E-state index in [1.54, 1.807) is 18.2 Å². The van der Waals surface area contributed by atoms with E-state index < -0.39 is 16.8 Å². The summed E-state index contributed by atoms with van der Waals surface area (Å²) >= 11 is 54.8. The molecule has 0 N–H and O–H groups in total. The molecule has 0 unspecified atom stereocenters. The van der Waals surface area contributed by atoms with Crippen molar-refractivity contribution >= 4 is 104 Å². The molecule has 1 radical (unpaired) electrons. The van der Waals surface area contributed by atoms with E-state index in [0.29, 0.717) is 5.56 Å². The van der Waals surface area contributed by atoms with E-state index in [9.17, 15) is 0 Å². The smallest absolute Gasteiger partial charge is 0.0943 e. The van der Waals surface area contributed by atoms with E-state index in [1.807, 2.05) is 6.07 Å². The largest absolute Gasteiger partial charge is 0.226 e. The molecular formula is C14H12Cl9. The standard InChI is InChI=1S/C14H12Cl9/c1-2-3-5-9-6-4-7-10(8-9)11(15,16)12(17,18)13(19,20)14(21,22)23/h4,6-8H,1-3,5H2. The van der Waals surface area contributed by atoms with Crippen molar-refractivity contribution in [3.05, 3.63) is 42.3 Å². The molecule has 0 aliphatic heterocycles. The highest BCUT2D eigenvalue weighted by Gasteiger charge is 2.68. The van der Waals surface area contributed by atoms with Crippen molar-refractivity contribution in [2.24, 2.45) is 0 Å². The first kappa shape index (κ1) is 22.9. The van der Waals surface area contributed by atoms with Crippen LogP contribution in [0.1, 0.15) is 24.0 Å². The van der Waals surface area contributed by atoms with Gasteiger partial charge in [-0.2, -0.15) is 0 Å². The topological polar surface area (TPSA) is 0 Å². The highest BCUT2D eigenvalue weighted by Crippen LogP contribution is 2.65. The zero-order valence-electron chi connectivity index (χ0n) is 11.5. The predicted molar refractivity (Wildman–Crippen MR) is 107 cm³/mol. The summed E-state index contributed by atoms with van der Waals surface area (Å²) in [4.78, 5) is 0. The lowest BCUT2D eigenvalue weighted by atomic mass is 10.0. The molecule has 0 atom stereocenters. The number of hydrogen-bond donors (Lipinski definition) is 0. The lowest BCUT2D eigenvalue weighted by Gasteiger charge is -2.44. The molecule has 0 spiro atoms. The molecule has 0 bridgehead atoms. The fourth-order valence-corrected chi connectivity index (χ4v) is 4.02. The Morgan fingerprint density at radius 3 is 1.87 bits per heavy atom. The minimum atomic E-state index is -2.29. The molecule has 1 aromatic rings. The van der Waals surface area contributed by atoms with Crippen molar-refractivity contribution in [2.45, 2.75) is 36.1 Å². The quantitative estimate of drug-likeness (QED) is 0.346. The van der Waals surface area contributed by atoms with Crippen LogP contribution in [0.2, 0.25) is 0 Å². The molecule has 23 heavy (non-hydrogen) atoms. The first-order valence-corrected chi connectivity index (χ1v) is 9.78. The minimum absolute atomic E-state index is 0.382. The zero-order chi connectivity index (χ0) is 18.1. The van der Waals surface area contributed by atoms with Crippen LogP contribution in [0.25, 0.3) is 0 Å².